The van der Waals surface area contributed by atoms with E-state index in [4.69, 9.17) is 33.9 Å². The number of rotatable bonds is 28. The maximum absolute atomic E-state index is 11.7. The van der Waals surface area contributed by atoms with Gasteiger partial charge in [0, 0.05) is 13.2 Å². The van der Waals surface area contributed by atoms with Crippen molar-refractivity contribution in [1.82, 2.24) is 0 Å². The summed E-state index contributed by atoms with van der Waals surface area (Å²) in [7, 11) is 0. The molecule has 0 radical (unpaired) electrons. The molecule has 0 aliphatic carbocycles. The van der Waals surface area contributed by atoms with Crippen LogP contribution in [0.15, 0.2) is 0 Å². The van der Waals surface area contributed by atoms with Gasteiger partial charge >= 0.3 is 19.5 Å². The molecule has 0 aliphatic heterocycles. The van der Waals surface area contributed by atoms with Gasteiger partial charge in [-0.25, -0.2) is 0 Å². The second-order valence-corrected chi connectivity index (χ2v) is 15.9. The normalized spacial score (nSPS) is 14.2. The van der Waals surface area contributed by atoms with E-state index in [9.17, 15) is 10.2 Å². The Bertz CT molecular complexity index is 643. The summed E-state index contributed by atoms with van der Waals surface area (Å²) in [5.41, 5.74) is -1.49. The molecule has 0 heterocycles. The van der Waals surface area contributed by atoms with Gasteiger partial charge in [0.05, 0.1) is 11.2 Å². The van der Waals surface area contributed by atoms with Gasteiger partial charge in [0.25, 0.3) is 0 Å². The van der Waals surface area contributed by atoms with E-state index in [1.165, 1.54) is 64.2 Å². The van der Waals surface area contributed by atoms with E-state index < -0.39 is 11.2 Å². The Hall–Kier alpha value is 0.323. The van der Waals surface area contributed by atoms with Crippen molar-refractivity contribution in [2.75, 3.05) is 13.2 Å². The molecule has 45 heavy (non-hydrogen) atoms. The van der Waals surface area contributed by atoms with E-state index in [0.717, 1.165) is 75.0 Å². The number of ether oxygens (including phenoxy) is 2. The van der Waals surface area contributed by atoms with E-state index in [0.29, 0.717) is 13.2 Å². The van der Waals surface area contributed by atoms with Crippen molar-refractivity contribution in [3.63, 3.8) is 0 Å². The molecule has 7 heteroatoms. The van der Waals surface area contributed by atoms with Crippen LogP contribution in [0.1, 0.15) is 185 Å². The maximum atomic E-state index is 11.7. The van der Waals surface area contributed by atoms with Gasteiger partial charge in [0.1, 0.15) is 0 Å². The fraction of sp³-hybridized carbons (Fsp3) is 0.947. The molecule has 0 spiro atoms. The molecule has 2 atom stereocenters. The second-order valence-electron chi connectivity index (χ2n) is 15.2. The van der Waals surface area contributed by atoms with Crippen LogP contribution in [0.2, 0.25) is 0 Å². The van der Waals surface area contributed by atoms with Gasteiger partial charge in [-0.2, -0.15) is 0 Å². The van der Waals surface area contributed by atoms with Crippen molar-refractivity contribution in [3.05, 3.63) is 0 Å². The van der Waals surface area contributed by atoms with Crippen molar-refractivity contribution < 1.29 is 39.2 Å². The van der Waals surface area contributed by atoms with Crippen molar-refractivity contribution in [1.29, 1.82) is 0 Å². The van der Waals surface area contributed by atoms with Gasteiger partial charge < -0.3 is 19.7 Å². The molecular formula is C38H74O4S2Zn. The Labute approximate surface area is 305 Å². The first-order chi connectivity index (χ1) is 20.6. The first-order valence-electron chi connectivity index (χ1n) is 18.3. The number of hydrogen-bond donors (Lipinski definition) is 0. The van der Waals surface area contributed by atoms with E-state index in [1.54, 1.807) is 0 Å². The molecule has 0 saturated heterocycles. The smallest absolute Gasteiger partial charge is 0.866 e. The van der Waals surface area contributed by atoms with Crippen LogP contribution in [0.25, 0.3) is 0 Å². The van der Waals surface area contributed by atoms with Crippen molar-refractivity contribution in [2.45, 2.75) is 196 Å². The van der Waals surface area contributed by atoms with Gasteiger partial charge in [-0.3, -0.25) is 0 Å². The summed E-state index contributed by atoms with van der Waals surface area (Å²) in [6.45, 7) is 23.1. The number of thiocarbonyl (C=S) groups is 2. The monoisotopic (exact) mass is 722 g/mol. The Kier molecular flexibility index (Phi) is 33.6. The molecule has 0 N–H and O–H groups in total. The molecular weight excluding hydrogens is 650 g/mol. The molecule has 0 rings (SSSR count). The summed E-state index contributed by atoms with van der Waals surface area (Å²) in [4.78, 5) is 0. The van der Waals surface area contributed by atoms with Crippen molar-refractivity contribution in [2.24, 2.45) is 23.7 Å². The second kappa shape index (κ2) is 30.4. The third kappa shape index (κ3) is 31.4. The zero-order valence-electron chi connectivity index (χ0n) is 31.6. The summed E-state index contributed by atoms with van der Waals surface area (Å²) in [5, 5.41) is 23.0. The topological polar surface area (TPSA) is 64.6 Å². The minimum atomic E-state index is -0.745. The molecule has 4 nitrogen and oxygen atoms in total. The van der Waals surface area contributed by atoms with E-state index in [1.807, 2.05) is 13.8 Å². The van der Waals surface area contributed by atoms with Crippen LogP contribution in [0.3, 0.4) is 0 Å². The van der Waals surface area contributed by atoms with E-state index >= 15 is 0 Å². The zero-order chi connectivity index (χ0) is 34.0. The average molecular weight is 725 g/mol. The largest absolute Gasteiger partial charge is 2.00 e. The van der Waals surface area contributed by atoms with Crippen molar-refractivity contribution >= 4 is 34.5 Å². The predicted octanol–water partition coefficient (Wildman–Crippen LogP) is 10.5. The number of hydrogen-bond acceptors (Lipinski definition) is 6. The van der Waals surface area contributed by atoms with Crippen LogP contribution < -0.4 is 10.2 Å². The fourth-order valence-corrected chi connectivity index (χ4v) is 5.43. The van der Waals surface area contributed by atoms with Crippen molar-refractivity contribution in [3.8, 4) is 0 Å². The quantitative estimate of drug-likeness (QED) is 0.0455. The first-order valence-corrected chi connectivity index (χ1v) is 19.1. The molecule has 0 bridgehead atoms. The van der Waals surface area contributed by atoms with Gasteiger partial charge in [-0.1, -0.05) is 170 Å². The Balaban J connectivity index is -0.000000767. The maximum Gasteiger partial charge on any atom is 2.00 e. The zero-order valence-corrected chi connectivity index (χ0v) is 36.2. The summed E-state index contributed by atoms with van der Waals surface area (Å²) < 4.78 is 11.7. The fourth-order valence-electron chi connectivity index (χ4n) is 5.11. The van der Waals surface area contributed by atoms with Gasteiger partial charge in [0.2, 0.25) is 0 Å². The predicted molar refractivity (Wildman–Crippen MR) is 196 cm³/mol. The Morgan fingerprint density at radius 3 is 0.933 bits per heavy atom. The molecule has 0 aromatic carbocycles. The van der Waals surface area contributed by atoms with Crippen LogP contribution in [-0.2, 0) is 29.0 Å². The molecule has 0 aliphatic rings. The molecule has 0 fully saturated rings. The molecule has 0 aromatic heterocycles. The molecule has 0 amide bonds. The molecule has 0 saturated carbocycles. The summed E-state index contributed by atoms with van der Waals surface area (Å²) in [6.07, 6.45) is 20.3. The van der Waals surface area contributed by atoms with E-state index in [-0.39, 0.29) is 29.6 Å². The van der Waals surface area contributed by atoms with Crippen LogP contribution >= 0.6 is 24.4 Å². The number of unbranched alkanes of at least 4 members (excludes halogenated alkanes) is 8. The van der Waals surface area contributed by atoms with Gasteiger partial charge in [0.15, 0.2) is 0 Å². The standard InChI is InChI=1S/2C19H38O2S.Zn/c2*1-16(2)12-8-6-10-14-19(5,18(20)22)21-15-11-7-9-13-17(3)4;/h2*16-17H,6-15H2,1-5H3,(H,20,22);/q;;+2/p-2. The van der Waals surface area contributed by atoms with Crippen LogP contribution in [0, 0.1) is 23.7 Å². The van der Waals surface area contributed by atoms with Gasteiger partial charge in [-0.15, -0.1) is 0 Å². The summed E-state index contributed by atoms with van der Waals surface area (Å²) >= 11 is 9.81. The van der Waals surface area contributed by atoms with Gasteiger partial charge in [-0.05, 0) is 73.3 Å². The van der Waals surface area contributed by atoms with Crippen LogP contribution in [-0.4, -0.2) is 34.5 Å². The summed E-state index contributed by atoms with van der Waals surface area (Å²) in [6, 6.07) is 0. The Morgan fingerprint density at radius 2 is 0.711 bits per heavy atom. The SMILES string of the molecule is CC(C)CCCCCOC(C)(CCCCCC(C)C)C([O-])=S.CC(C)CCCCCOC(C)(CCCCCC(C)C)C([O-])=S.[Zn+2]. The first kappa shape index (κ1) is 49.7. The van der Waals surface area contributed by atoms with Crippen LogP contribution in [0.5, 0.6) is 0 Å². The van der Waals surface area contributed by atoms with Crippen LogP contribution in [0.4, 0.5) is 0 Å². The summed E-state index contributed by atoms with van der Waals surface area (Å²) in [5.74, 6) is 3.06. The minimum Gasteiger partial charge on any atom is -0.866 e. The molecule has 264 valence electrons. The third-order valence-electron chi connectivity index (χ3n) is 8.43. The molecule has 2 unspecified atom stereocenters. The third-order valence-corrected chi connectivity index (χ3v) is 9.29. The molecule has 0 aromatic rings. The Morgan fingerprint density at radius 1 is 0.467 bits per heavy atom. The average Bonchev–Trinajstić information content (AvgIpc) is 2.91. The minimum absolute atomic E-state index is 0. The van der Waals surface area contributed by atoms with E-state index in [2.05, 4.69) is 55.4 Å².